The van der Waals surface area contributed by atoms with Crippen molar-refractivity contribution in [3.63, 3.8) is 0 Å². The minimum atomic E-state index is -1.06. The van der Waals surface area contributed by atoms with E-state index in [1.165, 1.54) is 7.11 Å². The van der Waals surface area contributed by atoms with Crippen LogP contribution in [-0.2, 0) is 14.3 Å². The number of carboxylic acid groups (broad SMARTS) is 1. The normalized spacial score (nSPS) is 15.2. The van der Waals surface area contributed by atoms with Gasteiger partial charge in [-0.3, -0.25) is 0 Å². The van der Waals surface area contributed by atoms with Crippen LogP contribution >= 0.6 is 0 Å². The van der Waals surface area contributed by atoms with Gasteiger partial charge in [-0.2, -0.15) is 0 Å². The van der Waals surface area contributed by atoms with Crippen LogP contribution in [0.2, 0.25) is 0 Å². The van der Waals surface area contributed by atoms with E-state index in [1.807, 2.05) is 0 Å². The van der Waals surface area contributed by atoms with Gasteiger partial charge in [0, 0.05) is 13.5 Å². The lowest BCUT2D eigenvalue weighted by molar-refractivity contribution is -0.149. The summed E-state index contributed by atoms with van der Waals surface area (Å²) in [6, 6.07) is -0.467. The zero-order valence-electron chi connectivity index (χ0n) is 7.11. The van der Waals surface area contributed by atoms with Crippen molar-refractivity contribution in [1.82, 2.24) is 5.32 Å². The van der Waals surface area contributed by atoms with Crippen LogP contribution in [0, 0.1) is 0 Å². The van der Waals surface area contributed by atoms with E-state index in [2.05, 4.69) is 10.1 Å². The van der Waals surface area contributed by atoms with Crippen LogP contribution in [0.4, 0.5) is 0 Å². The highest BCUT2D eigenvalue weighted by Crippen LogP contribution is 2.00. The van der Waals surface area contributed by atoms with Crippen LogP contribution in [0.25, 0.3) is 0 Å². The Bertz CT molecular complexity index is 159. The van der Waals surface area contributed by atoms with E-state index in [4.69, 9.17) is 5.11 Å². The number of hydrogen-bond acceptors (Lipinski definition) is 4. The smallest absolute Gasteiger partial charge is 0.332 e. The number of carbonyl (C=O) groups excluding carboxylic acids is 1. The number of ether oxygens (including phenoxy) is 1. The minimum Gasteiger partial charge on any atom is -0.479 e. The first-order chi connectivity index (χ1) is 5.65. The molecule has 2 N–H and O–H groups in total. The second-order valence-electron chi connectivity index (χ2n) is 2.33. The molecule has 0 fully saturated rings. The summed E-state index contributed by atoms with van der Waals surface area (Å²) in [5, 5.41) is 11.2. The van der Waals surface area contributed by atoms with Crippen molar-refractivity contribution >= 4 is 12.3 Å². The average molecular weight is 175 g/mol. The number of hydrogen-bond donors (Lipinski definition) is 2. The van der Waals surface area contributed by atoms with Gasteiger partial charge < -0.3 is 20.0 Å². The predicted octanol–water partition coefficient (Wildman–Crippen LogP) is -0.737. The number of nitrogens with one attached hydrogen (secondary N) is 1. The number of methoxy groups -OCH3 is 1. The molecule has 0 saturated heterocycles. The quantitative estimate of drug-likeness (QED) is 0.520. The molecule has 12 heavy (non-hydrogen) atoms. The fourth-order valence-electron chi connectivity index (χ4n) is 0.770. The molecule has 0 amide bonds. The predicted molar refractivity (Wildman–Crippen MR) is 42.0 cm³/mol. The van der Waals surface area contributed by atoms with Crippen molar-refractivity contribution in [2.24, 2.45) is 0 Å². The highest BCUT2D eigenvalue weighted by Gasteiger charge is 2.20. The lowest BCUT2D eigenvalue weighted by Crippen LogP contribution is -2.35. The molecule has 0 saturated carbocycles. The van der Waals surface area contributed by atoms with E-state index in [-0.39, 0.29) is 6.42 Å². The van der Waals surface area contributed by atoms with Crippen LogP contribution in [0.3, 0.4) is 0 Å². The van der Waals surface area contributed by atoms with Crippen molar-refractivity contribution in [3.8, 4) is 0 Å². The number of aldehydes is 1. The first kappa shape index (κ1) is 11.1. The maximum absolute atomic E-state index is 10.4. The molecule has 2 unspecified atom stereocenters. The Morgan fingerprint density at radius 1 is 1.75 bits per heavy atom. The van der Waals surface area contributed by atoms with Crippen molar-refractivity contribution in [1.29, 1.82) is 0 Å². The van der Waals surface area contributed by atoms with E-state index in [1.54, 1.807) is 7.05 Å². The molecule has 0 aliphatic heterocycles. The van der Waals surface area contributed by atoms with Gasteiger partial charge in [0.05, 0.1) is 6.04 Å². The third-order valence-corrected chi connectivity index (χ3v) is 1.56. The minimum absolute atomic E-state index is 0.145. The average Bonchev–Trinajstić information content (AvgIpc) is 2.06. The summed E-state index contributed by atoms with van der Waals surface area (Å²) < 4.78 is 4.65. The van der Waals surface area contributed by atoms with Gasteiger partial charge in [-0.1, -0.05) is 0 Å². The standard InChI is InChI=1S/C7H13NO4/c1-8-5(4-9)3-6(12-2)7(10)11/h4-6,8H,3H2,1-2H3,(H,10,11). The van der Waals surface area contributed by atoms with Crippen LogP contribution in [-0.4, -0.2) is 43.7 Å². The van der Waals surface area contributed by atoms with Gasteiger partial charge in [0.25, 0.3) is 0 Å². The Morgan fingerprint density at radius 3 is 2.58 bits per heavy atom. The van der Waals surface area contributed by atoms with E-state index >= 15 is 0 Å². The number of likely N-dealkylation sites (N-methyl/N-ethyl adjacent to an activating group) is 1. The fraction of sp³-hybridized carbons (Fsp3) is 0.714. The molecular weight excluding hydrogens is 162 g/mol. The third kappa shape index (κ3) is 3.45. The Morgan fingerprint density at radius 2 is 2.33 bits per heavy atom. The third-order valence-electron chi connectivity index (χ3n) is 1.56. The number of carbonyl (C=O) groups is 2. The first-order valence-electron chi connectivity index (χ1n) is 3.53. The highest BCUT2D eigenvalue weighted by molar-refractivity contribution is 5.73. The maximum Gasteiger partial charge on any atom is 0.332 e. The highest BCUT2D eigenvalue weighted by atomic mass is 16.5. The Labute approximate surface area is 70.7 Å². The maximum atomic E-state index is 10.4. The molecule has 70 valence electrons. The number of aliphatic carboxylic acids is 1. The Kier molecular flexibility index (Phi) is 5.23. The Balaban J connectivity index is 3.99. The van der Waals surface area contributed by atoms with Crippen LogP contribution in [0.15, 0.2) is 0 Å². The van der Waals surface area contributed by atoms with Gasteiger partial charge in [-0.25, -0.2) is 4.79 Å². The molecule has 0 radical (unpaired) electrons. The van der Waals surface area contributed by atoms with Crippen LogP contribution in [0.1, 0.15) is 6.42 Å². The molecule has 5 heteroatoms. The van der Waals surface area contributed by atoms with Crippen molar-refractivity contribution in [3.05, 3.63) is 0 Å². The van der Waals surface area contributed by atoms with Gasteiger partial charge in [-0.05, 0) is 7.05 Å². The van der Waals surface area contributed by atoms with Gasteiger partial charge in [-0.15, -0.1) is 0 Å². The molecule has 0 aromatic heterocycles. The molecule has 0 aliphatic carbocycles. The summed E-state index contributed by atoms with van der Waals surface area (Å²) in [5.41, 5.74) is 0. The lowest BCUT2D eigenvalue weighted by atomic mass is 10.1. The van der Waals surface area contributed by atoms with Gasteiger partial charge in [0.1, 0.15) is 6.29 Å². The van der Waals surface area contributed by atoms with Gasteiger partial charge >= 0.3 is 5.97 Å². The largest absolute Gasteiger partial charge is 0.479 e. The monoisotopic (exact) mass is 175 g/mol. The molecule has 5 nitrogen and oxygen atoms in total. The number of rotatable bonds is 6. The van der Waals surface area contributed by atoms with Crippen molar-refractivity contribution < 1.29 is 19.4 Å². The summed E-state index contributed by atoms with van der Waals surface area (Å²) in [5.74, 6) is -1.06. The molecule has 0 spiro atoms. The molecule has 2 atom stereocenters. The molecule has 0 rings (SSSR count). The van der Waals surface area contributed by atoms with Crippen LogP contribution < -0.4 is 5.32 Å². The molecule has 0 aromatic carbocycles. The zero-order valence-corrected chi connectivity index (χ0v) is 7.11. The Hall–Kier alpha value is -0.940. The summed E-state index contributed by atoms with van der Waals surface area (Å²) in [7, 11) is 2.89. The van der Waals surface area contributed by atoms with Crippen LogP contribution in [0.5, 0.6) is 0 Å². The number of carboxylic acids is 1. The second-order valence-corrected chi connectivity index (χ2v) is 2.33. The van der Waals surface area contributed by atoms with E-state index < -0.39 is 18.1 Å². The lowest BCUT2D eigenvalue weighted by Gasteiger charge is -2.14. The van der Waals surface area contributed by atoms with E-state index in [0.717, 1.165) is 0 Å². The summed E-state index contributed by atoms with van der Waals surface area (Å²) in [6.45, 7) is 0. The van der Waals surface area contributed by atoms with E-state index in [0.29, 0.717) is 6.29 Å². The molecule has 0 aromatic rings. The summed E-state index contributed by atoms with van der Waals surface area (Å²) in [4.78, 5) is 20.7. The van der Waals surface area contributed by atoms with Crippen molar-refractivity contribution in [2.75, 3.05) is 14.2 Å². The van der Waals surface area contributed by atoms with E-state index in [9.17, 15) is 9.59 Å². The van der Waals surface area contributed by atoms with Crippen molar-refractivity contribution in [2.45, 2.75) is 18.6 Å². The van der Waals surface area contributed by atoms with Gasteiger partial charge in [0.15, 0.2) is 6.10 Å². The fourth-order valence-corrected chi connectivity index (χ4v) is 0.770. The molecular formula is C7H13NO4. The topological polar surface area (TPSA) is 75.6 Å². The SMILES string of the molecule is CNC(C=O)CC(OC)C(=O)O. The first-order valence-corrected chi connectivity index (χ1v) is 3.53. The second kappa shape index (κ2) is 5.68. The van der Waals surface area contributed by atoms with Gasteiger partial charge in [0.2, 0.25) is 0 Å². The molecule has 0 bridgehead atoms. The molecule has 0 aliphatic rings. The summed E-state index contributed by atoms with van der Waals surface area (Å²) >= 11 is 0. The summed E-state index contributed by atoms with van der Waals surface area (Å²) in [6.07, 6.45) is -0.117. The zero-order chi connectivity index (χ0) is 9.56. The molecule has 0 heterocycles.